The van der Waals surface area contributed by atoms with Crippen LogP contribution in [0.1, 0.15) is 28.7 Å². The van der Waals surface area contributed by atoms with Crippen LogP contribution in [0.25, 0.3) is 0 Å². The summed E-state index contributed by atoms with van der Waals surface area (Å²) in [4.78, 5) is 0. The largest absolute Gasteiger partial charge is 0.399 e. The van der Waals surface area contributed by atoms with Gasteiger partial charge in [0.25, 0.3) is 0 Å². The van der Waals surface area contributed by atoms with Gasteiger partial charge in [0.05, 0.1) is 0 Å². The molecular formula is C17H20N2. The molecule has 0 radical (unpaired) electrons. The molecule has 3 N–H and O–H groups in total. The van der Waals surface area contributed by atoms with Crippen LogP contribution in [-0.4, -0.2) is 0 Å². The summed E-state index contributed by atoms with van der Waals surface area (Å²) >= 11 is 0. The fraction of sp³-hybridized carbons (Fsp3) is 0.294. The van der Waals surface area contributed by atoms with Crippen molar-refractivity contribution >= 4 is 11.4 Å². The van der Waals surface area contributed by atoms with E-state index in [1.165, 1.54) is 41.6 Å². The third-order valence-corrected chi connectivity index (χ3v) is 4.03. The Bertz CT molecular complexity index is 585. The molecule has 0 heterocycles. The Morgan fingerprint density at radius 3 is 2.63 bits per heavy atom. The number of hydrogen-bond acceptors (Lipinski definition) is 2. The summed E-state index contributed by atoms with van der Waals surface area (Å²) < 4.78 is 0. The highest BCUT2D eigenvalue weighted by Gasteiger charge is 2.14. The van der Waals surface area contributed by atoms with E-state index in [9.17, 15) is 0 Å². The van der Waals surface area contributed by atoms with Gasteiger partial charge in [-0.1, -0.05) is 18.2 Å². The van der Waals surface area contributed by atoms with E-state index in [0.717, 1.165) is 12.2 Å². The molecule has 0 amide bonds. The van der Waals surface area contributed by atoms with E-state index in [4.69, 9.17) is 5.73 Å². The third-order valence-electron chi connectivity index (χ3n) is 4.03. The lowest BCUT2D eigenvalue weighted by atomic mass is 10.0. The molecule has 2 heteroatoms. The van der Waals surface area contributed by atoms with Crippen molar-refractivity contribution < 1.29 is 0 Å². The molecule has 19 heavy (non-hydrogen) atoms. The standard InChI is InChI=1S/C17H20N2/c1-12-16-4-2-3-14(16)7-10-17(12)19-11-13-5-8-15(18)9-6-13/h5-10,19H,2-4,11,18H2,1H3. The zero-order valence-electron chi connectivity index (χ0n) is 11.4. The van der Waals surface area contributed by atoms with Crippen LogP contribution in [0.5, 0.6) is 0 Å². The Labute approximate surface area is 114 Å². The number of nitrogens with two attached hydrogens (primary N) is 1. The number of nitrogens with one attached hydrogen (secondary N) is 1. The van der Waals surface area contributed by atoms with Crippen molar-refractivity contribution in [2.75, 3.05) is 11.1 Å². The quantitative estimate of drug-likeness (QED) is 0.818. The molecule has 1 aliphatic rings. The second kappa shape index (κ2) is 4.96. The minimum absolute atomic E-state index is 0.817. The maximum Gasteiger partial charge on any atom is 0.0400 e. The molecule has 0 aromatic heterocycles. The summed E-state index contributed by atoms with van der Waals surface area (Å²) in [6.45, 7) is 3.08. The summed E-state index contributed by atoms with van der Waals surface area (Å²) in [6, 6.07) is 12.5. The molecule has 1 aliphatic carbocycles. The monoisotopic (exact) mass is 252 g/mol. The topological polar surface area (TPSA) is 38.0 Å². The lowest BCUT2D eigenvalue weighted by Crippen LogP contribution is -2.03. The highest BCUT2D eigenvalue weighted by Crippen LogP contribution is 2.30. The van der Waals surface area contributed by atoms with E-state index in [0.29, 0.717) is 0 Å². The number of hydrogen-bond donors (Lipinski definition) is 2. The molecule has 0 saturated heterocycles. The van der Waals surface area contributed by atoms with Gasteiger partial charge in [0.1, 0.15) is 0 Å². The maximum atomic E-state index is 5.70. The summed E-state index contributed by atoms with van der Waals surface area (Å²) in [5.41, 5.74) is 13.6. The first-order chi connectivity index (χ1) is 9.24. The van der Waals surface area contributed by atoms with E-state index < -0.39 is 0 Å². The molecule has 3 rings (SSSR count). The average molecular weight is 252 g/mol. The molecule has 0 aliphatic heterocycles. The predicted octanol–water partition coefficient (Wildman–Crippen LogP) is 3.68. The molecule has 2 aromatic carbocycles. The highest BCUT2D eigenvalue weighted by atomic mass is 14.9. The van der Waals surface area contributed by atoms with Crippen molar-refractivity contribution in [1.82, 2.24) is 0 Å². The van der Waals surface area contributed by atoms with Gasteiger partial charge in [-0.25, -0.2) is 0 Å². The number of benzene rings is 2. The number of fused-ring (bicyclic) bond motifs is 1. The van der Waals surface area contributed by atoms with Crippen LogP contribution >= 0.6 is 0 Å². The normalized spacial score (nSPS) is 13.3. The molecular weight excluding hydrogens is 232 g/mol. The van der Waals surface area contributed by atoms with E-state index in [1.807, 2.05) is 12.1 Å². The molecule has 0 spiro atoms. The van der Waals surface area contributed by atoms with Crippen molar-refractivity contribution in [3.63, 3.8) is 0 Å². The van der Waals surface area contributed by atoms with E-state index in [-0.39, 0.29) is 0 Å². The second-order valence-corrected chi connectivity index (χ2v) is 5.32. The van der Waals surface area contributed by atoms with Crippen molar-refractivity contribution in [3.05, 3.63) is 58.7 Å². The first kappa shape index (κ1) is 12.1. The van der Waals surface area contributed by atoms with Crippen molar-refractivity contribution in [3.8, 4) is 0 Å². The van der Waals surface area contributed by atoms with Gasteiger partial charge in [-0.05, 0) is 66.6 Å². The van der Waals surface area contributed by atoms with Crippen LogP contribution in [0.2, 0.25) is 0 Å². The maximum absolute atomic E-state index is 5.70. The minimum atomic E-state index is 0.817. The average Bonchev–Trinajstić information content (AvgIpc) is 2.89. The molecule has 0 unspecified atom stereocenters. The van der Waals surface area contributed by atoms with Crippen LogP contribution in [-0.2, 0) is 19.4 Å². The fourth-order valence-corrected chi connectivity index (χ4v) is 2.88. The van der Waals surface area contributed by atoms with Crippen molar-refractivity contribution in [2.45, 2.75) is 32.7 Å². The lowest BCUT2D eigenvalue weighted by Gasteiger charge is -2.13. The number of aryl methyl sites for hydroxylation is 1. The van der Waals surface area contributed by atoms with E-state index in [1.54, 1.807) is 5.56 Å². The van der Waals surface area contributed by atoms with Gasteiger partial charge in [0.15, 0.2) is 0 Å². The fourth-order valence-electron chi connectivity index (χ4n) is 2.88. The van der Waals surface area contributed by atoms with Crippen LogP contribution in [0.15, 0.2) is 36.4 Å². The zero-order valence-corrected chi connectivity index (χ0v) is 11.4. The Balaban J connectivity index is 1.75. The molecule has 2 nitrogen and oxygen atoms in total. The smallest absolute Gasteiger partial charge is 0.0400 e. The van der Waals surface area contributed by atoms with Gasteiger partial charge in [-0.2, -0.15) is 0 Å². The van der Waals surface area contributed by atoms with Gasteiger partial charge in [0, 0.05) is 17.9 Å². The highest BCUT2D eigenvalue weighted by molar-refractivity contribution is 5.58. The lowest BCUT2D eigenvalue weighted by molar-refractivity contribution is 0.909. The Kier molecular flexibility index (Phi) is 3.16. The summed E-state index contributed by atoms with van der Waals surface area (Å²) in [5, 5.41) is 3.54. The molecule has 0 fully saturated rings. The van der Waals surface area contributed by atoms with Crippen LogP contribution in [0, 0.1) is 6.92 Å². The second-order valence-electron chi connectivity index (χ2n) is 5.32. The number of nitrogen functional groups attached to an aromatic ring is 1. The van der Waals surface area contributed by atoms with Crippen LogP contribution in [0.4, 0.5) is 11.4 Å². The zero-order chi connectivity index (χ0) is 13.2. The first-order valence-corrected chi connectivity index (χ1v) is 6.93. The molecule has 2 aromatic rings. The van der Waals surface area contributed by atoms with Crippen molar-refractivity contribution in [2.24, 2.45) is 0 Å². The molecule has 0 bridgehead atoms. The van der Waals surface area contributed by atoms with Gasteiger partial charge in [-0.15, -0.1) is 0 Å². The summed E-state index contributed by atoms with van der Waals surface area (Å²) in [7, 11) is 0. The van der Waals surface area contributed by atoms with Crippen LogP contribution in [0.3, 0.4) is 0 Å². The molecule has 98 valence electrons. The minimum Gasteiger partial charge on any atom is -0.399 e. The summed E-state index contributed by atoms with van der Waals surface area (Å²) in [5.74, 6) is 0. The Morgan fingerprint density at radius 2 is 1.84 bits per heavy atom. The van der Waals surface area contributed by atoms with Gasteiger partial charge >= 0.3 is 0 Å². The van der Waals surface area contributed by atoms with Gasteiger partial charge in [0.2, 0.25) is 0 Å². The molecule has 0 atom stereocenters. The SMILES string of the molecule is Cc1c(NCc2ccc(N)cc2)ccc2c1CCC2. The van der Waals surface area contributed by atoms with E-state index >= 15 is 0 Å². The van der Waals surface area contributed by atoms with Gasteiger partial charge < -0.3 is 11.1 Å². The van der Waals surface area contributed by atoms with Gasteiger partial charge in [-0.3, -0.25) is 0 Å². The van der Waals surface area contributed by atoms with E-state index in [2.05, 4.69) is 36.5 Å². The summed E-state index contributed by atoms with van der Waals surface area (Å²) in [6.07, 6.45) is 3.78. The van der Waals surface area contributed by atoms with Crippen LogP contribution < -0.4 is 11.1 Å². The number of rotatable bonds is 3. The first-order valence-electron chi connectivity index (χ1n) is 6.93. The Hall–Kier alpha value is -1.96. The number of anilines is 2. The Morgan fingerprint density at radius 1 is 1.05 bits per heavy atom. The third kappa shape index (κ3) is 2.43. The molecule has 0 saturated carbocycles. The predicted molar refractivity (Wildman–Crippen MR) is 81.4 cm³/mol. The van der Waals surface area contributed by atoms with Crippen molar-refractivity contribution in [1.29, 1.82) is 0 Å².